The molecule has 2 heterocycles. The Morgan fingerprint density at radius 2 is 2.29 bits per heavy atom. The van der Waals surface area contributed by atoms with Gasteiger partial charge in [0.25, 0.3) is 5.89 Å². The molecule has 0 radical (unpaired) electrons. The van der Waals surface area contributed by atoms with Crippen LogP contribution in [0.3, 0.4) is 0 Å². The molecule has 0 aliphatic carbocycles. The molecule has 0 aromatic carbocycles. The van der Waals surface area contributed by atoms with Crippen molar-refractivity contribution in [2.75, 3.05) is 6.54 Å². The van der Waals surface area contributed by atoms with Crippen molar-refractivity contribution in [3.05, 3.63) is 21.8 Å². The number of aliphatic carboxylic acids is 1. The molecule has 2 aromatic heterocycles. The summed E-state index contributed by atoms with van der Waals surface area (Å²) in [6.45, 7) is 5.03. The third-order valence-corrected chi connectivity index (χ3v) is 4.70. The van der Waals surface area contributed by atoms with Crippen molar-refractivity contribution < 1.29 is 14.3 Å². The third-order valence-electron chi connectivity index (χ3n) is 3.09. The first-order valence-corrected chi connectivity index (χ1v) is 8.14. The van der Waals surface area contributed by atoms with Gasteiger partial charge in [-0.15, -0.1) is 21.5 Å². The molecule has 21 heavy (non-hydrogen) atoms. The molecule has 2 rings (SSSR count). The molecule has 2 aromatic rings. The van der Waals surface area contributed by atoms with Crippen LogP contribution in [0.2, 0.25) is 0 Å². The van der Waals surface area contributed by atoms with Crippen molar-refractivity contribution in [3.8, 4) is 10.8 Å². The van der Waals surface area contributed by atoms with Gasteiger partial charge in [0.1, 0.15) is 0 Å². The predicted octanol–water partition coefficient (Wildman–Crippen LogP) is 3.25. The topological polar surface area (TPSA) is 79.5 Å². The molecule has 8 heteroatoms. The highest BCUT2D eigenvalue weighted by molar-refractivity contribution is 9.11. The van der Waals surface area contributed by atoms with Crippen molar-refractivity contribution in [1.29, 1.82) is 0 Å². The van der Waals surface area contributed by atoms with Gasteiger partial charge in [0.2, 0.25) is 5.89 Å². The zero-order valence-corrected chi connectivity index (χ0v) is 14.1. The largest absolute Gasteiger partial charge is 0.481 e. The second kappa shape index (κ2) is 7.15. The number of nitrogens with zero attached hydrogens (tertiary/aromatic N) is 3. The summed E-state index contributed by atoms with van der Waals surface area (Å²) in [5.74, 6) is 0.173. The van der Waals surface area contributed by atoms with Gasteiger partial charge in [-0.05, 0) is 41.5 Å². The van der Waals surface area contributed by atoms with Crippen LogP contribution in [0.15, 0.2) is 20.3 Å². The monoisotopic (exact) mass is 373 g/mol. The van der Waals surface area contributed by atoms with Gasteiger partial charge in [-0.2, -0.15) is 0 Å². The Balaban J connectivity index is 2.05. The minimum absolute atomic E-state index is 0.0845. The Labute approximate surface area is 134 Å². The van der Waals surface area contributed by atoms with Crippen LogP contribution in [0.5, 0.6) is 0 Å². The minimum atomic E-state index is -0.810. The molecule has 0 amide bonds. The van der Waals surface area contributed by atoms with Gasteiger partial charge in [0, 0.05) is 6.04 Å². The molecule has 0 saturated heterocycles. The van der Waals surface area contributed by atoms with Gasteiger partial charge in [-0.3, -0.25) is 9.69 Å². The third kappa shape index (κ3) is 4.36. The molecule has 6 nitrogen and oxygen atoms in total. The highest BCUT2D eigenvalue weighted by atomic mass is 79.9. The Hall–Kier alpha value is -1.25. The highest BCUT2D eigenvalue weighted by Gasteiger charge is 2.19. The fourth-order valence-electron chi connectivity index (χ4n) is 1.98. The number of hydrogen-bond donors (Lipinski definition) is 1. The van der Waals surface area contributed by atoms with Crippen LogP contribution in [-0.4, -0.2) is 38.8 Å². The smallest absolute Gasteiger partial charge is 0.304 e. The van der Waals surface area contributed by atoms with Crippen LogP contribution in [0.4, 0.5) is 0 Å². The van der Waals surface area contributed by atoms with Crippen LogP contribution < -0.4 is 0 Å². The van der Waals surface area contributed by atoms with E-state index in [-0.39, 0.29) is 12.5 Å². The number of aromatic nitrogens is 2. The van der Waals surface area contributed by atoms with Gasteiger partial charge >= 0.3 is 5.97 Å². The van der Waals surface area contributed by atoms with E-state index in [1.54, 1.807) is 0 Å². The molecule has 0 saturated carbocycles. The molecule has 1 atom stereocenters. The summed E-state index contributed by atoms with van der Waals surface area (Å²) in [5, 5.41) is 16.9. The van der Waals surface area contributed by atoms with E-state index in [1.807, 2.05) is 30.9 Å². The lowest BCUT2D eigenvalue weighted by atomic mass is 10.2. The lowest BCUT2D eigenvalue weighted by molar-refractivity contribution is -0.138. The first-order chi connectivity index (χ1) is 9.99. The summed E-state index contributed by atoms with van der Waals surface area (Å²) in [6, 6.07) is 3.76. The lowest BCUT2D eigenvalue weighted by Crippen LogP contribution is -2.34. The number of rotatable bonds is 7. The molecule has 1 unspecified atom stereocenters. The molecule has 0 fully saturated rings. The fourth-order valence-corrected chi connectivity index (χ4v) is 3.29. The highest BCUT2D eigenvalue weighted by Crippen LogP contribution is 2.30. The van der Waals surface area contributed by atoms with E-state index in [9.17, 15) is 4.79 Å². The van der Waals surface area contributed by atoms with Crippen molar-refractivity contribution in [2.24, 2.45) is 0 Å². The van der Waals surface area contributed by atoms with Gasteiger partial charge in [0.15, 0.2) is 0 Å². The summed E-state index contributed by atoms with van der Waals surface area (Å²) < 4.78 is 6.65. The SMILES string of the molecule is CCN(Cc1nnc(-c2ccc(Br)s2)o1)C(C)CC(=O)O. The molecule has 0 aliphatic rings. The Kier molecular flexibility index (Phi) is 5.49. The van der Waals surface area contributed by atoms with Crippen LogP contribution in [0, 0.1) is 0 Å². The zero-order chi connectivity index (χ0) is 15.4. The maximum atomic E-state index is 10.8. The molecular weight excluding hydrogens is 358 g/mol. The van der Waals surface area contributed by atoms with Crippen LogP contribution in [0.25, 0.3) is 10.8 Å². The minimum Gasteiger partial charge on any atom is -0.481 e. The molecule has 0 bridgehead atoms. The van der Waals surface area contributed by atoms with E-state index >= 15 is 0 Å². The summed E-state index contributed by atoms with van der Waals surface area (Å²) in [6.07, 6.45) is 0.0900. The number of carboxylic acid groups (broad SMARTS) is 1. The second-order valence-electron chi connectivity index (χ2n) is 4.61. The van der Waals surface area contributed by atoms with Crippen molar-refractivity contribution in [1.82, 2.24) is 15.1 Å². The first kappa shape index (κ1) is 16.1. The molecule has 0 aliphatic heterocycles. The zero-order valence-electron chi connectivity index (χ0n) is 11.7. The molecule has 0 spiro atoms. The Bertz CT molecular complexity index is 613. The number of thiophene rings is 1. The molecular formula is C13H16BrN3O3S. The van der Waals surface area contributed by atoms with Gasteiger partial charge in [0.05, 0.1) is 21.6 Å². The second-order valence-corrected chi connectivity index (χ2v) is 7.08. The molecule has 1 N–H and O–H groups in total. The average molecular weight is 374 g/mol. The molecule has 114 valence electrons. The van der Waals surface area contributed by atoms with Crippen molar-refractivity contribution in [2.45, 2.75) is 32.9 Å². The first-order valence-electron chi connectivity index (χ1n) is 6.53. The van der Waals surface area contributed by atoms with E-state index in [0.29, 0.717) is 18.3 Å². The maximum absolute atomic E-state index is 10.8. The summed E-state index contributed by atoms with van der Waals surface area (Å²) in [7, 11) is 0. The van der Waals surface area contributed by atoms with Gasteiger partial charge in [-0.1, -0.05) is 6.92 Å². The van der Waals surface area contributed by atoms with Crippen LogP contribution in [0.1, 0.15) is 26.2 Å². The quantitative estimate of drug-likeness (QED) is 0.802. The summed E-state index contributed by atoms with van der Waals surface area (Å²) in [5.41, 5.74) is 0. The predicted molar refractivity (Wildman–Crippen MR) is 83.1 cm³/mol. The number of hydrogen-bond acceptors (Lipinski definition) is 6. The normalized spacial score (nSPS) is 12.8. The van der Waals surface area contributed by atoms with Gasteiger partial charge < -0.3 is 9.52 Å². The fraction of sp³-hybridized carbons (Fsp3) is 0.462. The number of carboxylic acids is 1. The van der Waals surface area contributed by atoms with Crippen LogP contribution >= 0.6 is 27.3 Å². The lowest BCUT2D eigenvalue weighted by Gasteiger charge is -2.24. The van der Waals surface area contributed by atoms with E-state index in [1.165, 1.54) is 11.3 Å². The van der Waals surface area contributed by atoms with E-state index in [4.69, 9.17) is 9.52 Å². The van der Waals surface area contributed by atoms with E-state index in [0.717, 1.165) is 15.2 Å². The maximum Gasteiger partial charge on any atom is 0.304 e. The van der Waals surface area contributed by atoms with Gasteiger partial charge in [-0.25, -0.2) is 0 Å². The van der Waals surface area contributed by atoms with Crippen molar-refractivity contribution >= 4 is 33.2 Å². The number of carbonyl (C=O) groups is 1. The average Bonchev–Trinajstić information content (AvgIpc) is 3.03. The number of halogens is 1. The van der Waals surface area contributed by atoms with E-state index < -0.39 is 5.97 Å². The van der Waals surface area contributed by atoms with Crippen molar-refractivity contribution in [3.63, 3.8) is 0 Å². The summed E-state index contributed by atoms with van der Waals surface area (Å²) >= 11 is 4.92. The van der Waals surface area contributed by atoms with Crippen LogP contribution in [-0.2, 0) is 11.3 Å². The Morgan fingerprint density at radius 3 is 2.86 bits per heavy atom. The summed E-state index contributed by atoms with van der Waals surface area (Å²) in [4.78, 5) is 13.7. The standard InChI is InChI=1S/C13H16BrN3O3S/c1-3-17(8(2)6-12(18)19)7-11-15-16-13(20-11)9-4-5-10(14)21-9/h4-5,8H,3,6-7H2,1-2H3,(H,18,19). The Morgan fingerprint density at radius 1 is 1.52 bits per heavy atom. The van der Waals surface area contributed by atoms with E-state index in [2.05, 4.69) is 26.1 Å².